The van der Waals surface area contributed by atoms with Crippen molar-refractivity contribution in [2.75, 3.05) is 5.32 Å². The maximum atomic E-state index is 10.6. The lowest BCUT2D eigenvalue weighted by Crippen LogP contribution is -2.15. The van der Waals surface area contributed by atoms with Gasteiger partial charge >= 0.3 is 5.97 Å². The summed E-state index contributed by atoms with van der Waals surface area (Å²) in [7, 11) is 0. The van der Waals surface area contributed by atoms with E-state index in [1.807, 2.05) is 13.8 Å². The Morgan fingerprint density at radius 2 is 2.36 bits per heavy atom. The highest BCUT2D eigenvalue weighted by molar-refractivity contribution is 5.85. The number of carboxylic acid groups (broad SMARTS) is 1. The zero-order valence-corrected chi connectivity index (χ0v) is 8.19. The third kappa shape index (κ3) is 2.69. The molecule has 0 saturated carbocycles. The van der Waals surface area contributed by atoms with Gasteiger partial charge in [-0.3, -0.25) is 0 Å². The first-order valence-corrected chi connectivity index (χ1v) is 4.45. The van der Waals surface area contributed by atoms with E-state index in [0.717, 1.165) is 6.42 Å². The molecule has 0 aromatic carbocycles. The Morgan fingerprint density at radius 3 is 2.93 bits per heavy atom. The van der Waals surface area contributed by atoms with Crippen LogP contribution in [-0.4, -0.2) is 27.1 Å². The van der Waals surface area contributed by atoms with Crippen LogP contribution < -0.4 is 5.32 Å². The Kier molecular flexibility index (Phi) is 3.39. The van der Waals surface area contributed by atoms with E-state index in [2.05, 4.69) is 15.3 Å². The highest BCUT2D eigenvalue weighted by atomic mass is 16.4. The van der Waals surface area contributed by atoms with Crippen molar-refractivity contribution in [1.29, 1.82) is 0 Å². The molecule has 2 N–H and O–H groups in total. The minimum Gasteiger partial charge on any atom is -0.477 e. The van der Waals surface area contributed by atoms with Crippen molar-refractivity contribution in [3.63, 3.8) is 0 Å². The molecule has 0 spiro atoms. The van der Waals surface area contributed by atoms with Crippen molar-refractivity contribution in [1.82, 2.24) is 9.97 Å². The van der Waals surface area contributed by atoms with Crippen molar-refractivity contribution in [3.05, 3.63) is 18.1 Å². The summed E-state index contributed by atoms with van der Waals surface area (Å²) in [4.78, 5) is 18.1. The van der Waals surface area contributed by atoms with Crippen LogP contribution in [0.15, 0.2) is 12.4 Å². The van der Waals surface area contributed by atoms with Gasteiger partial charge in [0.1, 0.15) is 12.1 Å². The van der Waals surface area contributed by atoms with Crippen LogP contribution >= 0.6 is 0 Å². The van der Waals surface area contributed by atoms with Crippen LogP contribution in [0.3, 0.4) is 0 Å². The van der Waals surface area contributed by atoms with E-state index in [-0.39, 0.29) is 11.7 Å². The van der Waals surface area contributed by atoms with E-state index in [4.69, 9.17) is 5.11 Å². The van der Waals surface area contributed by atoms with Crippen LogP contribution in [-0.2, 0) is 0 Å². The highest BCUT2D eigenvalue weighted by Crippen LogP contribution is 2.06. The Labute approximate surface area is 82.2 Å². The van der Waals surface area contributed by atoms with Gasteiger partial charge in [0.05, 0.1) is 0 Å². The van der Waals surface area contributed by atoms with Crippen LogP contribution in [0.2, 0.25) is 0 Å². The zero-order valence-electron chi connectivity index (χ0n) is 8.19. The van der Waals surface area contributed by atoms with E-state index in [9.17, 15) is 4.79 Å². The molecule has 76 valence electrons. The van der Waals surface area contributed by atoms with E-state index in [1.165, 1.54) is 12.4 Å². The zero-order chi connectivity index (χ0) is 10.6. The molecule has 5 heteroatoms. The fourth-order valence-electron chi connectivity index (χ4n) is 0.908. The van der Waals surface area contributed by atoms with Gasteiger partial charge in [0.25, 0.3) is 0 Å². The van der Waals surface area contributed by atoms with Crippen molar-refractivity contribution >= 4 is 11.8 Å². The van der Waals surface area contributed by atoms with Crippen molar-refractivity contribution in [3.8, 4) is 0 Å². The van der Waals surface area contributed by atoms with Crippen LogP contribution in [0.5, 0.6) is 0 Å². The number of nitrogens with zero attached hydrogens (tertiary/aromatic N) is 2. The van der Waals surface area contributed by atoms with Crippen LogP contribution in [0.4, 0.5) is 5.82 Å². The molecule has 0 fully saturated rings. The van der Waals surface area contributed by atoms with E-state index in [1.54, 1.807) is 0 Å². The molecule has 1 aromatic heterocycles. The SMILES string of the molecule is CCC(C)Nc1cc(C(=O)O)ncn1. The molecular formula is C9H13N3O2. The summed E-state index contributed by atoms with van der Waals surface area (Å²) in [6.45, 7) is 4.04. The fraction of sp³-hybridized carbons (Fsp3) is 0.444. The van der Waals surface area contributed by atoms with E-state index >= 15 is 0 Å². The van der Waals surface area contributed by atoms with Gasteiger partial charge in [-0.15, -0.1) is 0 Å². The van der Waals surface area contributed by atoms with Gasteiger partial charge in [-0.05, 0) is 13.3 Å². The average molecular weight is 195 g/mol. The molecule has 1 heterocycles. The number of carbonyl (C=O) groups is 1. The Bertz CT molecular complexity index is 328. The summed E-state index contributed by atoms with van der Waals surface area (Å²) in [6.07, 6.45) is 2.20. The minimum absolute atomic E-state index is 0.00537. The number of hydrogen-bond donors (Lipinski definition) is 2. The maximum Gasteiger partial charge on any atom is 0.354 e. The first kappa shape index (κ1) is 10.4. The lowest BCUT2D eigenvalue weighted by Gasteiger charge is -2.11. The van der Waals surface area contributed by atoms with Crippen LogP contribution in [0.1, 0.15) is 30.8 Å². The molecule has 0 amide bonds. The molecule has 14 heavy (non-hydrogen) atoms. The quantitative estimate of drug-likeness (QED) is 0.759. The van der Waals surface area contributed by atoms with Gasteiger partial charge in [-0.2, -0.15) is 0 Å². The van der Waals surface area contributed by atoms with Crippen molar-refractivity contribution in [2.45, 2.75) is 26.3 Å². The number of rotatable bonds is 4. The van der Waals surface area contributed by atoms with Gasteiger partial charge in [0, 0.05) is 12.1 Å². The molecular weight excluding hydrogens is 182 g/mol. The standard InChI is InChI=1S/C9H13N3O2/c1-3-6(2)12-8-4-7(9(13)14)10-5-11-8/h4-6H,3H2,1-2H3,(H,13,14)(H,10,11,12). The summed E-state index contributed by atoms with van der Waals surface area (Å²) in [5.41, 5.74) is 0.00537. The molecule has 5 nitrogen and oxygen atoms in total. The first-order chi connectivity index (χ1) is 6.63. The normalized spacial score (nSPS) is 12.1. The lowest BCUT2D eigenvalue weighted by atomic mass is 10.2. The second-order valence-electron chi connectivity index (χ2n) is 3.05. The molecule has 0 aliphatic rings. The third-order valence-corrected chi connectivity index (χ3v) is 1.89. The van der Waals surface area contributed by atoms with Crippen LogP contribution in [0.25, 0.3) is 0 Å². The van der Waals surface area contributed by atoms with Crippen molar-refractivity contribution < 1.29 is 9.90 Å². The molecule has 0 bridgehead atoms. The number of aromatic carboxylic acids is 1. The minimum atomic E-state index is -1.04. The Hall–Kier alpha value is -1.65. The van der Waals surface area contributed by atoms with Gasteiger partial charge < -0.3 is 10.4 Å². The number of carboxylic acids is 1. The highest BCUT2D eigenvalue weighted by Gasteiger charge is 2.06. The van der Waals surface area contributed by atoms with E-state index < -0.39 is 5.97 Å². The second kappa shape index (κ2) is 4.55. The Balaban J connectivity index is 2.78. The molecule has 1 atom stereocenters. The van der Waals surface area contributed by atoms with Gasteiger partial charge in [-0.1, -0.05) is 6.92 Å². The van der Waals surface area contributed by atoms with Gasteiger partial charge in [-0.25, -0.2) is 14.8 Å². The summed E-state index contributed by atoms with van der Waals surface area (Å²) >= 11 is 0. The predicted octanol–water partition coefficient (Wildman–Crippen LogP) is 1.39. The smallest absolute Gasteiger partial charge is 0.354 e. The average Bonchev–Trinajstić information content (AvgIpc) is 2.18. The number of aromatic nitrogens is 2. The monoisotopic (exact) mass is 195 g/mol. The number of nitrogens with one attached hydrogen (secondary N) is 1. The van der Waals surface area contributed by atoms with Gasteiger partial charge in [0.15, 0.2) is 5.69 Å². The molecule has 0 saturated heterocycles. The van der Waals surface area contributed by atoms with Crippen LogP contribution in [0, 0.1) is 0 Å². The molecule has 0 aliphatic heterocycles. The number of anilines is 1. The third-order valence-electron chi connectivity index (χ3n) is 1.89. The molecule has 1 rings (SSSR count). The lowest BCUT2D eigenvalue weighted by molar-refractivity contribution is 0.0690. The van der Waals surface area contributed by atoms with Crippen molar-refractivity contribution in [2.24, 2.45) is 0 Å². The topological polar surface area (TPSA) is 75.1 Å². The molecule has 1 aromatic rings. The fourth-order valence-corrected chi connectivity index (χ4v) is 0.908. The van der Waals surface area contributed by atoms with E-state index in [0.29, 0.717) is 5.82 Å². The molecule has 0 radical (unpaired) electrons. The largest absolute Gasteiger partial charge is 0.477 e. The Morgan fingerprint density at radius 1 is 1.64 bits per heavy atom. The first-order valence-electron chi connectivity index (χ1n) is 4.45. The molecule has 1 unspecified atom stereocenters. The van der Waals surface area contributed by atoms with Gasteiger partial charge in [0.2, 0.25) is 0 Å². The summed E-state index contributed by atoms with van der Waals surface area (Å²) in [5.74, 6) is -0.494. The summed E-state index contributed by atoms with van der Waals surface area (Å²) in [6, 6.07) is 1.70. The second-order valence-corrected chi connectivity index (χ2v) is 3.05. The molecule has 0 aliphatic carbocycles. The summed E-state index contributed by atoms with van der Waals surface area (Å²) in [5, 5.41) is 11.8. The number of hydrogen-bond acceptors (Lipinski definition) is 4. The summed E-state index contributed by atoms with van der Waals surface area (Å²) < 4.78 is 0. The predicted molar refractivity (Wildman–Crippen MR) is 52.4 cm³/mol. The maximum absolute atomic E-state index is 10.6.